The Morgan fingerprint density at radius 3 is 2.67 bits per heavy atom. The van der Waals surface area contributed by atoms with E-state index in [-0.39, 0.29) is 11.9 Å². The van der Waals surface area contributed by atoms with Gasteiger partial charge in [0.25, 0.3) is 5.91 Å². The highest BCUT2D eigenvalue weighted by Gasteiger charge is 2.25. The van der Waals surface area contributed by atoms with E-state index < -0.39 is 0 Å². The number of piperidine rings is 1. The van der Waals surface area contributed by atoms with Crippen LogP contribution in [-0.2, 0) is 0 Å². The van der Waals surface area contributed by atoms with Crippen molar-refractivity contribution in [2.45, 2.75) is 26.3 Å². The first-order valence-corrected chi connectivity index (χ1v) is 6.81. The number of carbonyl (C=O) groups excluding carboxylic acids is 1. The van der Waals surface area contributed by atoms with Gasteiger partial charge in [-0.3, -0.25) is 4.79 Å². The van der Waals surface area contributed by atoms with E-state index in [4.69, 9.17) is 23.2 Å². The van der Waals surface area contributed by atoms with Crippen LogP contribution in [0.25, 0.3) is 0 Å². The van der Waals surface area contributed by atoms with Crippen molar-refractivity contribution in [2.24, 2.45) is 5.92 Å². The summed E-state index contributed by atoms with van der Waals surface area (Å²) in [5, 5.41) is 7.02. The Morgan fingerprint density at radius 2 is 2.11 bits per heavy atom. The predicted octanol–water partition coefficient (Wildman–Crippen LogP) is 2.36. The highest BCUT2D eigenvalue weighted by molar-refractivity contribution is 6.44. The van der Waals surface area contributed by atoms with Crippen LogP contribution >= 0.6 is 23.2 Å². The van der Waals surface area contributed by atoms with Crippen molar-refractivity contribution in [3.63, 3.8) is 0 Å². The number of rotatable bonds is 2. The molecule has 1 fully saturated rings. The number of H-pyrrole nitrogens is 1. The minimum Gasteiger partial charge on any atom is -0.352 e. The van der Waals surface area contributed by atoms with Gasteiger partial charge in [0.05, 0.1) is 10.0 Å². The average molecular weight is 290 g/mol. The largest absolute Gasteiger partial charge is 0.352 e. The second-order valence-corrected chi connectivity index (χ2v) is 5.56. The van der Waals surface area contributed by atoms with E-state index in [1.807, 2.05) is 0 Å². The van der Waals surface area contributed by atoms with Gasteiger partial charge >= 0.3 is 0 Å². The molecule has 0 aliphatic carbocycles. The smallest absolute Gasteiger partial charge is 0.269 e. The maximum Gasteiger partial charge on any atom is 0.269 e. The summed E-state index contributed by atoms with van der Waals surface area (Å²) in [5.41, 5.74) is 1.06. The van der Waals surface area contributed by atoms with Crippen molar-refractivity contribution in [3.05, 3.63) is 21.4 Å². The topological polar surface area (TPSA) is 56.9 Å². The normalized spacial score (nSPS) is 24.0. The van der Waals surface area contributed by atoms with Crippen LogP contribution in [0.2, 0.25) is 10.0 Å². The molecule has 2 rings (SSSR count). The van der Waals surface area contributed by atoms with Crippen LogP contribution in [0.4, 0.5) is 0 Å². The fraction of sp³-hybridized carbons (Fsp3) is 0.583. The van der Waals surface area contributed by atoms with Gasteiger partial charge in [-0.1, -0.05) is 30.1 Å². The van der Waals surface area contributed by atoms with Gasteiger partial charge in [0.2, 0.25) is 0 Å². The molecule has 1 amide bonds. The van der Waals surface area contributed by atoms with Gasteiger partial charge in [-0.2, -0.15) is 0 Å². The third-order valence-corrected chi connectivity index (χ3v) is 4.33. The van der Waals surface area contributed by atoms with Crippen LogP contribution in [0, 0.1) is 12.8 Å². The first-order valence-electron chi connectivity index (χ1n) is 6.06. The molecule has 3 N–H and O–H groups in total. The zero-order chi connectivity index (χ0) is 13.3. The lowest BCUT2D eigenvalue weighted by Crippen LogP contribution is -2.48. The van der Waals surface area contributed by atoms with Gasteiger partial charge < -0.3 is 15.6 Å². The molecule has 1 aromatic rings. The predicted molar refractivity (Wildman–Crippen MR) is 73.5 cm³/mol. The zero-order valence-electron chi connectivity index (χ0n) is 10.4. The minimum absolute atomic E-state index is 0.178. The summed E-state index contributed by atoms with van der Waals surface area (Å²) in [6, 6.07) is 0.178. The van der Waals surface area contributed by atoms with E-state index in [2.05, 4.69) is 22.5 Å². The Morgan fingerprint density at radius 1 is 1.39 bits per heavy atom. The van der Waals surface area contributed by atoms with Gasteiger partial charge in [0.1, 0.15) is 5.69 Å². The molecular weight excluding hydrogens is 273 g/mol. The number of aryl methyl sites for hydroxylation is 1. The maximum atomic E-state index is 12.1. The molecule has 0 spiro atoms. The van der Waals surface area contributed by atoms with Gasteiger partial charge in [0.15, 0.2) is 0 Å². The minimum atomic E-state index is -0.186. The lowest BCUT2D eigenvalue weighted by atomic mass is 9.95. The zero-order valence-corrected chi connectivity index (χ0v) is 12.0. The quantitative estimate of drug-likeness (QED) is 0.783. The molecule has 1 saturated heterocycles. The number of carbonyl (C=O) groups is 1. The van der Waals surface area contributed by atoms with Crippen molar-refractivity contribution in [1.82, 2.24) is 15.6 Å². The summed E-state index contributed by atoms with van der Waals surface area (Å²) >= 11 is 12.0. The number of aromatic nitrogens is 1. The van der Waals surface area contributed by atoms with Gasteiger partial charge in [-0.05, 0) is 32.4 Å². The second kappa shape index (κ2) is 5.51. The van der Waals surface area contributed by atoms with Crippen molar-refractivity contribution in [3.8, 4) is 0 Å². The van der Waals surface area contributed by atoms with E-state index in [1.165, 1.54) is 0 Å². The van der Waals surface area contributed by atoms with E-state index >= 15 is 0 Å². The standard InChI is InChI=1S/C12H17Cl2N3O/c1-6-5-15-4-3-8(6)17-12(18)11-10(14)9(13)7(2)16-11/h6,8,15-16H,3-5H2,1-2H3,(H,17,18)/t6?,8-/m1/s1. The molecule has 6 heteroatoms. The molecule has 1 aliphatic rings. The number of halogens is 2. The monoisotopic (exact) mass is 289 g/mol. The van der Waals surface area contributed by atoms with Gasteiger partial charge in [-0.15, -0.1) is 0 Å². The molecule has 2 heterocycles. The number of hydrogen-bond donors (Lipinski definition) is 3. The third-order valence-electron chi connectivity index (χ3n) is 3.38. The van der Waals surface area contributed by atoms with Crippen LogP contribution in [-0.4, -0.2) is 30.0 Å². The molecule has 1 aliphatic heterocycles. The van der Waals surface area contributed by atoms with Crippen LogP contribution < -0.4 is 10.6 Å². The molecule has 1 unspecified atom stereocenters. The van der Waals surface area contributed by atoms with E-state index in [0.717, 1.165) is 19.5 Å². The van der Waals surface area contributed by atoms with Crippen LogP contribution in [0.15, 0.2) is 0 Å². The highest BCUT2D eigenvalue weighted by Crippen LogP contribution is 2.29. The molecule has 4 nitrogen and oxygen atoms in total. The number of aromatic amines is 1. The van der Waals surface area contributed by atoms with Crippen LogP contribution in [0.3, 0.4) is 0 Å². The fourth-order valence-corrected chi connectivity index (χ4v) is 2.61. The fourth-order valence-electron chi connectivity index (χ4n) is 2.20. The van der Waals surface area contributed by atoms with E-state index in [0.29, 0.717) is 27.4 Å². The van der Waals surface area contributed by atoms with Gasteiger partial charge in [-0.25, -0.2) is 0 Å². The number of nitrogens with one attached hydrogen (secondary N) is 3. The highest BCUT2D eigenvalue weighted by atomic mass is 35.5. The summed E-state index contributed by atoms with van der Waals surface area (Å²) in [4.78, 5) is 15.1. The Kier molecular flexibility index (Phi) is 4.20. The van der Waals surface area contributed by atoms with Crippen molar-refractivity contribution in [2.75, 3.05) is 13.1 Å². The average Bonchev–Trinajstić information content (AvgIpc) is 2.60. The number of amides is 1. The summed E-state index contributed by atoms with van der Waals surface area (Å²) in [6.07, 6.45) is 0.929. The molecular formula is C12H17Cl2N3O. The summed E-state index contributed by atoms with van der Waals surface area (Å²) < 4.78 is 0. The third kappa shape index (κ3) is 2.66. The summed E-state index contributed by atoms with van der Waals surface area (Å²) in [5.74, 6) is 0.224. The first kappa shape index (κ1) is 13.7. The molecule has 0 aromatic carbocycles. The van der Waals surface area contributed by atoms with Gasteiger partial charge in [0, 0.05) is 11.7 Å². The Labute approximate surface area is 116 Å². The van der Waals surface area contributed by atoms with Crippen molar-refractivity contribution >= 4 is 29.1 Å². The molecule has 0 radical (unpaired) electrons. The summed E-state index contributed by atoms with van der Waals surface area (Å²) in [7, 11) is 0. The summed E-state index contributed by atoms with van der Waals surface area (Å²) in [6.45, 7) is 5.75. The van der Waals surface area contributed by atoms with E-state index in [9.17, 15) is 4.79 Å². The lowest BCUT2D eigenvalue weighted by molar-refractivity contribution is 0.0910. The van der Waals surface area contributed by atoms with E-state index in [1.54, 1.807) is 6.92 Å². The molecule has 18 heavy (non-hydrogen) atoms. The SMILES string of the molecule is Cc1[nH]c(C(=O)N[C@@H]2CCNCC2C)c(Cl)c1Cl. The molecule has 1 aromatic heterocycles. The maximum absolute atomic E-state index is 12.1. The first-order chi connectivity index (χ1) is 8.50. The molecule has 0 saturated carbocycles. The van der Waals surface area contributed by atoms with Crippen LogP contribution in [0.1, 0.15) is 29.5 Å². The lowest BCUT2D eigenvalue weighted by Gasteiger charge is -2.30. The van der Waals surface area contributed by atoms with Crippen LogP contribution in [0.5, 0.6) is 0 Å². The van der Waals surface area contributed by atoms with Crippen molar-refractivity contribution in [1.29, 1.82) is 0 Å². The molecule has 2 atom stereocenters. The Bertz CT molecular complexity index is 458. The Balaban J connectivity index is 2.09. The molecule has 100 valence electrons. The second-order valence-electron chi connectivity index (χ2n) is 4.80. The molecule has 0 bridgehead atoms. The van der Waals surface area contributed by atoms with Crippen molar-refractivity contribution < 1.29 is 4.79 Å². The Hall–Kier alpha value is -0.710. The number of hydrogen-bond acceptors (Lipinski definition) is 2.